The molecule has 162 valence electrons. The molecule has 0 unspecified atom stereocenters. The SMILES string of the molecule is COc1cc(/C=C(/C#N)C(=O)Nc2ccc(Cl)cc2)cc(Cl)c1OCc1ccc(C)cc1. The third-order valence-electron chi connectivity index (χ3n) is 4.53. The number of nitrogens with zero attached hydrogens (tertiary/aromatic N) is 1. The molecule has 5 nitrogen and oxygen atoms in total. The number of methoxy groups -OCH3 is 1. The molecule has 0 aromatic heterocycles. The van der Waals surface area contributed by atoms with E-state index in [1.807, 2.05) is 37.3 Å². The summed E-state index contributed by atoms with van der Waals surface area (Å²) in [5.41, 5.74) is 3.11. The Balaban J connectivity index is 1.80. The Bertz CT molecular complexity index is 1180. The van der Waals surface area contributed by atoms with E-state index in [-0.39, 0.29) is 5.57 Å². The second kappa shape index (κ2) is 10.7. The first-order chi connectivity index (χ1) is 15.4. The zero-order valence-electron chi connectivity index (χ0n) is 17.5. The van der Waals surface area contributed by atoms with Crippen molar-refractivity contribution in [2.75, 3.05) is 12.4 Å². The van der Waals surface area contributed by atoms with E-state index in [0.717, 1.165) is 11.1 Å². The van der Waals surface area contributed by atoms with Crippen molar-refractivity contribution in [1.29, 1.82) is 5.26 Å². The average Bonchev–Trinajstić information content (AvgIpc) is 2.79. The summed E-state index contributed by atoms with van der Waals surface area (Å²) < 4.78 is 11.3. The molecule has 32 heavy (non-hydrogen) atoms. The number of anilines is 1. The number of carbonyl (C=O) groups excluding carboxylic acids is 1. The summed E-state index contributed by atoms with van der Waals surface area (Å²) in [5, 5.41) is 13.0. The summed E-state index contributed by atoms with van der Waals surface area (Å²) in [6.07, 6.45) is 1.43. The van der Waals surface area contributed by atoms with Crippen LogP contribution in [0.5, 0.6) is 11.5 Å². The lowest BCUT2D eigenvalue weighted by Gasteiger charge is -2.14. The Morgan fingerprint density at radius 1 is 1.09 bits per heavy atom. The minimum Gasteiger partial charge on any atom is -0.493 e. The number of amides is 1. The van der Waals surface area contributed by atoms with E-state index >= 15 is 0 Å². The van der Waals surface area contributed by atoms with Crippen molar-refractivity contribution >= 4 is 40.9 Å². The number of carbonyl (C=O) groups is 1. The van der Waals surface area contributed by atoms with Crippen LogP contribution in [0.4, 0.5) is 5.69 Å². The smallest absolute Gasteiger partial charge is 0.266 e. The highest BCUT2D eigenvalue weighted by Crippen LogP contribution is 2.37. The summed E-state index contributed by atoms with van der Waals surface area (Å²) >= 11 is 12.3. The molecule has 0 aliphatic heterocycles. The predicted octanol–water partition coefficient (Wildman–Crippen LogP) is 6.44. The lowest BCUT2D eigenvalue weighted by atomic mass is 10.1. The number of benzene rings is 3. The molecule has 0 spiro atoms. The maximum atomic E-state index is 12.5. The molecule has 0 fully saturated rings. The summed E-state index contributed by atoms with van der Waals surface area (Å²) in [6, 6.07) is 19.7. The Kier molecular flexibility index (Phi) is 7.77. The maximum absolute atomic E-state index is 12.5. The minimum absolute atomic E-state index is 0.0913. The van der Waals surface area contributed by atoms with Gasteiger partial charge in [0.2, 0.25) is 0 Å². The number of nitrogens with one attached hydrogen (secondary N) is 1. The van der Waals surface area contributed by atoms with Gasteiger partial charge in [0, 0.05) is 10.7 Å². The zero-order valence-corrected chi connectivity index (χ0v) is 19.0. The molecule has 0 radical (unpaired) electrons. The highest BCUT2D eigenvalue weighted by Gasteiger charge is 2.14. The molecule has 7 heteroatoms. The third-order valence-corrected chi connectivity index (χ3v) is 5.07. The second-order valence-corrected chi connectivity index (χ2v) is 7.78. The van der Waals surface area contributed by atoms with Gasteiger partial charge in [-0.2, -0.15) is 5.26 Å². The van der Waals surface area contributed by atoms with Gasteiger partial charge in [-0.3, -0.25) is 4.79 Å². The van der Waals surface area contributed by atoms with Gasteiger partial charge in [0.25, 0.3) is 5.91 Å². The zero-order chi connectivity index (χ0) is 23.1. The first-order valence-corrected chi connectivity index (χ1v) is 10.4. The van der Waals surface area contributed by atoms with E-state index in [1.54, 1.807) is 36.4 Å². The molecule has 0 aliphatic rings. The number of hydrogen-bond donors (Lipinski definition) is 1. The fourth-order valence-electron chi connectivity index (χ4n) is 2.85. The lowest BCUT2D eigenvalue weighted by Crippen LogP contribution is -2.13. The quantitative estimate of drug-likeness (QED) is 0.321. The number of halogens is 2. The highest BCUT2D eigenvalue weighted by atomic mass is 35.5. The second-order valence-electron chi connectivity index (χ2n) is 6.94. The fraction of sp³-hybridized carbons (Fsp3) is 0.120. The van der Waals surface area contributed by atoms with Gasteiger partial charge in [-0.05, 0) is 60.5 Å². The van der Waals surface area contributed by atoms with E-state index in [9.17, 15) is 10.1 Å². The average molecular weight is 467 g/mol. The predicted molar refractivity (Wildman–Crippen MR) is 127 cm³/mol. The molecule has 0 bridgehead atoms. The van der Waals surface area contributed by atoms with Crippen LogP contribution in [0.2, 0.25) is 10.0 Å². The normalized spacial score (nSPS) is 10.9. The van der Waals surface area contributed by atoms with Crippen molar-refractivity contribution in [3.63, 3.8) is 0 Å². The van der Waals surface area contributed by atoms with E-state index in [1.165, 1.54) is 13.2 Å². The van der Waals surface area contributed by atoms with Crippen molar-refractivity contribution in [3.05, 3.63) is 93.0 Å². The fourth-order valence-corrected chi connectivity index (χ4v) is 3.25. The molecule has 0 atom stereocenters. The minimum atomic E-state index is -0.551. The van der Waals surface area contributed by atoms with Gasteiger partial charge in [0.15, 0.2) is 11.5 Å². The van der Waals surface area contributed by atoms with Gasteiger partial charge < -0.3 is 14.8 Å². The first-order valence-electron chi connectivity index (χ1n) is 9.64. The van der Waals surface area contributed by atoms with Gasteiger partial charge in [0.1, 0.15) is 18.2 Å². The topological polar surface area (TPSA) is 71.3 Å². The highest BCUT2D eigenvalue weighted by molar-refractivity contribution is 6.32. The van der Waals surface area contributed by atoms with E-state index in [2.05, 4.69) is 5.32 Å². The number of hydrogen-bond acceptors (Lipinski definition) is 4. The molecular formula is C25H20Cl2N2O3. The first kappa shape index (κ1) is 23.2. The van der Waals surface area contributed by atoms with Crippen LogP contribution in [-0.4, -0.2) is 13.0 Å². The molecule has 3 aromatic carbocycles. The van der Waals surface area contributed by atoms with Crippen molar-refractivity contribution in [3.8, 4) is 17.6 Å². The van der Waals surface area contributed by atoms with Gasteiger partial charge in [0.05, 0.1) is 12.1 Å². The largest absolute Gasteiger partial charge is 0.493 e. The molecule has 1 N–H and O–H groups in total. The van der Waals surface area contributed by atoms with Gasteiger partial charge >= 0.3 is 0 Å². The van der Waals surface area contributed by atoms with Gasteiger partial charge in [-0.15, -0.1) is 0 Å². The summed E-state index contributed by atoms with van der Waals surface area (Å²) in [5.74, 6) is 0.229. The number of aryl methyl sites for hydroxylation is 1. The van der Waals surface area contributed by atoms with E-state index < -0.39 is 5.91 Å². The van der Waals surface area contributed by atoms with Crippen LogP contribution in [0.1, 0.15) is 16.7 Å². The van der Waals surface area contributed by atoms with Crippen LogP contribution < -0.4 is 14.8 Å². The Morgan fingerprint density at radius 3 is 2.41 bits per heavy atom. The molecule has 3 aromatic rings. The van der Waals surface area contributed by atoms with Crippen LogP contribution in [0.25, 0.3) is 6.08 Å². The number of ether oxygens (including phenoxy) is 2. The van der Waals surface area contributed by atoms with Crippen LogP contribution in [0.15, 0.2) is 66.2 Å². The molecular weight excluding hydrogens is 447 g/mol. The number of nitriles is 1. The van der Waals surface area contributed by atoms with Crippen LogP contribution in [-0.2, 0) is 11.4 Å². The van der Waals surface area contributed by atoms with Crippen molar-refractivity contribution in [2.24, 2.45) is 0 Å². The molecule has 0 saturated carbocycles. The Labute approximate surface area is 196 Å². The van der Waals surface area contributed by atoms with Crippen molar-refractivity contribution < 1.29 is 14.3 Å². The summed E-state index contributed by atoms with van der Waals surface area (Å²) in [4.78, 5) is 12.5. The third kappa shape index (κ3) is 6.04. The van der Waals surface area contributed by atoms with Crippen LogP contribution >= 0.6 is 23.2 Å². The van der Waals surface area contributed by atoms with Gasteiger partial charge in [-0.25, -0.2) is 0 Å². The lowest BCUT2D eigenvalue weighted by molar-refractivity contribution is -0.112. The van der Waals surface area contributed by atoms with Crippen molar-refractivity contribution in [1.82, 2.24) is 0 Å². The molecule has 0 heterocycles. The van der Waals surface area contributed by atoms with E-state index in [4.69, 9.17) is 32.7 Å². The molecule has 1 amide bonds. The standard InChI is InChI=1S/C25H20Cl2N2O3/c1-16-3-5-17(6-4-16)15-32-24-22(27)12-18(13-23(24)31-2)11-19(14-28)25(30)29-21-9-7-20(26)8-10-21/h3-13H,15H2,1-2H3,(H,29,30)/b19-11-. The van der Waals surface area contributed by atoms with Gasteiger partial charge in [-0.1, -0.05) is 53.0 Å². The maximum Gasteiger partial charge on any atom is 0.266 e. The molecule has 0 aliphatic carbocycles. The summed E-state index contributed by atoms with van der Waals surface area (Å²) in [7, 11) is 1.50. The van der Waals surface area contributed by atoms with Crippen LogP contribution in [0.3, 0.4) is 0 Å². The Morgan fingerprint density at radius 2 is 1.78 bits per heavy atom. The van der Waals surface area contributed by atoms with E-state index in [0.29, 0.717) is 39.4 Å². The monoisotopic (exact) mass is 466 g/mol. The van der Waals surface area contributed by atoms with Crippen LogP contribution in [0, 0.1) is 18.3 Å². The Hall–Kier alpha value is -3.46. The van der Waals surface area contributed by atoms with Crippen molar-refractivity contribution in [2.45, 2.75) is 13.5 Å². The summed E-state index contributed by atoms with van der Waals surface area (Å²) in [6.45, 7) is 2.33. The molecule has 0 saturated heterocycles. The molecule has 3 rings (SSSR count). The number of rotatable bonds is 7.